The SMILES string of the molecule is Cc1ccc(C(=O)N[C@H]2CCN(C(C)C)C2)c(=O)[nH]1. The van der Waals surface area contributed by atoms with Crippen LogP contribution in [-0.2, 0) is 0 Å². The van der Waals surface area contributed by atoms with Crippen LogP contribution in [0.2, 0.25) is 0 Å². The van der Waals surface area contributed by atoms with Crippen LogP contribution in [0.15, 0.2) is 16.9 Å². The summed E-state index contributed by atoms with van der Waals surface area (Å²) < 4.78 is 0. The fourth-order valence-corrected chi connectivity index (χ4v) is 2.39. The molecule has 0 saturated carbocycles. The number of hydrogen-bond donors (Lipinski definition) is 2. The molecule has 1 aromatic rings. The number of nitrogens with zero attached hydrogens (tertiary/aromatic N) is 1. The number of aromatic amines is 1. The van der Waals surface area contributed by atoms with Gasteiger partial charge in [-0.05, 0) is 39.3 Å². The molecule has 0 spiro atoms. The Morgan fingerprint density at radius 2 is 2.21 bits per heavy atom. The van der Waals surface area contributed by atoms with E-state index < -0.39 is 0 Å². The molecule has 1 atom stereocenters. The minimum absolute atomic E-state index is 0.135. The third kappa shape index (κ3) is 3.23. The molecule has 1 aromatic heterocycles. The van der Waals surface area contributed by atoms with Crippen molar-refractivity contribution >= 4 is 5.91 Å². The average Bonchev–Trinajstić information content (AvgIpc) is 2.77. The Kier molecular flexibility index (Phi) is 4.04. The summed E-state index contributed by atoms with van der Waals surface area (Å²) >= 11 is 0. The highest BCUT2D eigenvalue weighted by atomic mass is 16.2. The molecule has 0 bridgehead atoms. The zero-order valence-corrected chi connectivity index (χ0v) is 11.7. The molecule has 2 N–H and O–H groups in total. The number of rotatable bonds is 3. The number of nitrogens with one attached hydrogen (secondary N) is 2. The number of H-pyrrole nitrogens is 1. The lowest BCUT2D eigenvalue weighted by Crippen LogP contribution is -2.40. The van der Waals surface area contributed by atoms with Gasteiger partial charge in [0.1, 0.15) is 5.56 Å². The molecule has 0 aliphatic carbocycles. The maximum atomic E-state index is 12.1. The molecular weight excluding hydrogens is 242 g/mol. The van der Waals surface area contributed by atoms with Crippen LogP contribution in [0.3, 0.4) is 0 Å². The van der Waals surface area contributed by atoms with Crippen LogP contribution < -0.4 is 10.9 Å². The molecule has 1 aliphatic heterocycles. The molecule has 0 unspecified atom stereocenters. The Labute approximate surface area is 113 Å². The van der Waals surface area contributed by atoms with Crippen LogP contribution in [0, 0.1) is 6.92 Å². The van der Waals surface area contributed by atoms with Crippen LogP contribution in [0.25, 0.3) is 0 Å². The van der Waals surface area contributed by atoms with Crippen LogP contribution in [-0.4, -0.2) is 41.0 Å². The van der Waals surface area contributed by atoms with Crippen molar-refractivity contribution in [1.29, 1.82) is 0 Å². The highest BCUT2D eigenvalue weighted by Gasteiger charge is 2.26. The Morgan fingerprint density at radius 3 is 2.79 bits per heavy atom. The predicted molar refractivity (Wildman–Crippen MR) is 74.4 cm³/mol. The Balaban J connectivity index is 2.00. The van der Waals surface area contributed by atoms with Crippen LogP contribution in [0.5, 0.6) is 0 Å². The summed E-state index contributed by atoms with van der Waals surface area (Å²) in [5, 5.41) is 2.94. The smallest absolute Gasteiger partial charge is 0.260 e. The largest absolute Gasteiger partial charge is 0.348 e. The summed E-state index contributed by atoms with van der Waals surface area (Å²) in [5.74, 6) is -0.281. The summed E-state index contributed by atoms with van der Waals surface area (Å²) in [5.41, 5.74) is 0.623. The van der Waals surface area contributed by atoms with E-state index in [1.54, 1.807) is 19.1 Å². The lowest BCUT2D eigenvalue weighted by Gasteiger charge is -2.20. The van der Waals surface area contributed by atoms with Crippen molar-refractivity contribution in [3.63, 3.8) is 0 Å². The molecule has 1 fully saturated rings. The quantitative estimate of drug-likeness (QED) is 0.851. The second-order valence-corrected chi connectivity index (χ2v) is 5.43. The first-order chi connectivity index (χ1) is 8.97. The van der Waals surface area contributed by atoms with Gasteiger partial charge in [0.05, 0.1) is 0 Å². The number of pyridine rings is 1. The first kappa shape index (κ1) is 13.8. The van der Waals surface area contributed by atoms with E-state index in [1.807, 2.05) is 0 Å². The van der Waals surface area contributed by atoms with Crippen molar-refractivity contribution < 1.29 is 4.79 Å². The normalized spacial score (nSPS) is 19.9. The number of carbonyl (C=O) groups excluding carboxylic acids is 1. The number of amides is 1. The van der Waals surface area contributed by atoms with Crippen LogP contribution >= 0.6 is 0 Å². The highest BCUT2D eigenvalue weighted by molar-refractivity contribution is 5.94. The van der Waals surface area contributed by atoms with Gasteiger partial charge < -0.3 is 10.3 Å². The molecule has 2 rings (SSSR count). The first-order valence-electron chi connectivity index (χ1n) is 6.72. The minimum Gasteiger partial charge on any atom is -0.348 e. The molecular formula is C14H21N3O2. The number of carbonyl (C=O) groups is 1. The van der Waals surface area contributed by atoms with Gasteiger partial charge in [-0.3, -0.25) is 14.5 Å². The third-order valence-electron chi connectivity index (χ3n) is 3.59. The van der Waals surface area contributed by atoms with Gasteiger partial charge >= 0.3 is 0 Å². The van der Waals surface area contributed by atoms with Crippen molar-refractivity contribution in [3.8, 4) is 0 Å². The molecule has 1 aliphatic rings. The van der Waals surface area contributed by atoms with E-state index in [1.165, 1.54) is 0 Å². The van der Waals surface area contributed by atoms with Crippen LogP contribution in [0.1, 0.15) is 36.3 Å². The average molecular weight is 263 g/mol. The van der Waals surface area contributed by atoms with Crippen molar-refractivity contribution in [3.05, 3.63) is 33.7 Å². The molecule has 0 radical (unpaired) electrons. The highest BCUT2D eigenvalue weighted by Crippen LogP contribution is 2.12. The Hall–Kier alpha value is -1.62. The second-order valence-electron chi connectivity index (χ2n) is 5.43. The van der Waals surface area contributed by atoms with Gasteiger partial charge in [-0.25, -0.2) is 0 Å². The predicted octanol–water partition coefficient (Wildman–Crippen LogP) is 0.896. The molecule has 5 heteroatoms. The topological polar surface area (TPSA) is 65.2 Å². The van der Waals surface area contributed by atoms with E-state index >= 15 is 0 Å². The molecule has 5 nitrogen and oxygen atoms in total. The second kappa shape index (κ2) is 5.57. The number of hydrogen-bond acceptors (Lipinski definition) is 3. The van der Waals surface area contributed by atoms with E-state index in [0.29, 0.717) is 6.04 Å². The first-order valence-corrected chi connectivity index (χ1v) is 6.72. The van der Waals surface area contributed by atoms with E-state index in [9.17, 15) is 9.59 Å². The fraction of sp³-hybridized carbons (Fsp3) is 0.571. The van der Waals surface area contributed by atoms with Gasteiger partial charge in [-0.1, -0.05) is 0 Å². The molecule has 104 valence electrons. The van der Waals surface area contributed by atoms with Crippen LogP contribution in [0.4, 0.5) is 0 Å². The summed E-state index contributed by atoms with van der Waals surface area (Å²) in [4.78, 5) is 28.7. The fourth-order valence-electron chi connectivity index (χ4n) is 2.39. The van der Waals surface area contributed by atoms with Gasteiger partial charge in [-0.15, -0.1) is 0 Å². The van der Waals surface area contributed by atoms with E-state index in [0.717, 1.165) is 25.2 Å². The lowest BCUT2D eigenvalue weighted by atomic mass is 10.2. The zero-order valence-electron chi connectivity index (χ0n) is 11.7. The zero-order chi connectivity index (χ0) is 14.0. The molecule has 2 heterocycles. The Bertz CT molecular complexity index is 522. The van der Waals surface area contributed by atoms with Crippen molar-refractivity contribution in [2.75, 3.05) is 13.1 Å². The van der Waals surface area contributed by atoms with Gasteiger partial charge in [0.2, 0.25) is 0 Å². The number of likely N-dealkylation sites (tertiary alicyclic amines) is 1. The maximum absolute atomic E-state index is 12.1. The van der Waals surface area contributed by atoms with Crippen molar-refractivity contribution in [1.82, 2.24) is 15.2 Å². The molecule has 1 saturated heterocycles. The van der Waals surface area contributed by atoms with E-state index in [2.05, 4.69) is 29.0 Å². The van der Waals surface area contributed by atoms with Gasteiger partial charge in [0.15, 0.2) is 0 Å². The van der Waals surface area contributed by atoms with Crippen molar-refractivity contribution in [2.45, 2.75) is 39.3 Å². The number of aryl methyl sites for hydroxylation is 1. The minimum atomic E-state index is -0.323. The summed E-state index contributed by atoms with van der Waals surface area (Å²) in [6.45, 7) is 7.93. The molecule has 1 amide bonds. The monoisotopic (exact) mass is 263 g/mol. The van der Waals surface area contributed by atoms with Gasteiger partial charge in [0, 0.05) is 30.9 Å². The standard InChI is InChI=1S/C14H21N3O2/c1-9(2)17-7-6-11(8-17)16-14(19)12-5-4-10(3)15-13(12)18/h4-5,9,11H,6-8H2,1-3H3,(H,15,18)(H,16,19)/t11-/m0/s1. The third-order valence-corrected chi connectivity index (χ3v) is 3.59. The summed E-state index contributed by atoms with van der Waals surface area (Å²) in [6, 6.07) is 3.95. The molecule has 19 heavy (non-hydrogen) atoms. The van der Waals surface area contributed by atoms with E-state index in [-0.39, 0.29) is 23.1 Å². The number of aromatic nitrogens is 1. The lowest BCUT2D eigenvalue weighted by molar-refractivity contribution is 0.0935. The Morgan fingerprint density at radius 1 is 1.47 bits per heavy atom. The van der Waals surface area contributed by atoms with Gasteiger partial charge in [0.25, 0.3) is 11.5 Å². The van der Waals surface area contributed by atoms with E-state index in [4.69, 9.17) is 0 Å². The summed E-state index contributed by atoms with van der Waals surface area (Å²) in [7, 11) is 0. The van der Waals surface area contributed by atoms with Gasteiger partial charge in [-0.2, -0.15) is 0 Å². The summed E-state index contributed by atoms with van der Waals surface area (Å²) in [6.07, 6.45) is 0.938. The maximum Gasteiger partial charge on any atom is 0.260 e. The molecule has 0 aromatic carbocycles. The van der Waals surface area contributed by atoms with Crippen molar-refractivity contribution in [2.24, 2.45) is 0 Å².